The molecule has 0 atom stereocenters. The van der Waals surface area contributed by atoms with Crippen molar-refractivity contribution in [3.63, 3.8) is 0 Å². The van der Waals surface area contributed by atoms with E-state index in [0.29, 0.717) is 27.5 Å². The molecule has 2 aromatic carbocycles. The van der Waals surface area contributed by atoms with Gasteiger partial charge in [-0.15, -0.1) is 0 Å². The van der Waals surface area contributed by atoms with Crippen LogP contribution in [-0.2, 0) is 0 Å². The van der Waals surface area contributed by atoms with Crippen molar-refractivity contribution in [1.29, 1.82) is 0 Å². The van der Waals surface area contributed by atoms with Crippen LogP contribution in [0.5, 0.6) is 0 Å². The van der Waals surface area contributed by atoms with Gasteiger partial charge in [0.2, 0.25) is 0 Å². The summed E-state index contributed by atoms with van der Waals surface area (Å²) < 4.78 is 0. The van der Waals surface area contributed by atoms with Gasteiger partial charge >= 0.3 is 0 Å². The summed E-state index contributed by atoms with van der Waals surface area (Å²) in [5.41, 5.74) is 1.70. The summed E-state index contributed by atoms with van der Waals surface area (Å²) in [7, 11) is 0. The Hall–Kier alpha value is -2.30. The Kier molecular flexibility index (Phi) is 4.65. The zero-order chi connectivity index (χ0) is 16.2. The highest BCUT2D eigenvalue weighted by atomic mass is 35.5. The van der Waals surface area contributed by atoms with Crippen molar-refractivity contribution in [1.82, 2.24) is 9.97 Å². The monoisotopic (exact) mass is 344 g/mol. The van der Waals surface area contributed by atoms with Crippen LogP contribution in [0.1, 0.15) is 5.82 Å². The molecule has 3 rings (SSSR count). The second-order valence-corrected chi connectivity index (χ2v) is 5.77. The maximum atomic E-state index is 6.18. The summed E-state index contributed by atoms with van der Waals surface area (Å²) in [5, 5.41) is 7.56. The summed E-state index contributed by atoms with van der Waals surface area (Å²) in [6.07, 6.45) is 0. The summed E-state index contributed by atoms with van der Waals surface area (Å²) in [5.74, 6) is 2.01. The van der Waals surface area contributed by atoms with E-state index in [-0.39, 0.29) is 0 Å². The molecule has 23 heavy (non-hydrogen) atoms. The summed E-state index contributed by atoms with van der Waals surface area (Å²) in [6.45, 7) is 1.84. The Morgan fingerprint density at radius 2 is 1.52 bits per heavy atom. The SMILES string of the molecule is Cc1nc(Nc2ccccc2)cc(Nc2ccc(Cl)cc2Cl)n1. The topological polar surface area (TPSA) is 49.8 Å². The Morgan fingerprint density at radius 3 is 2.22 bits per heavy atom. The molecule has 0 amide bonds. The molecule has 6 heteroatoms. The molecule has 116 valence electrons. The van der Waals surface area contributed by atoms with E-state index in [1.54, 1.807) is 12.1 Å². The normalized spacial score (nSPS) is 10.4. The Morgan fingerprint density at radius 1 is 0.826 bits per heavy atom. The van der Waals surface area contributed by atoms with Crippen LogP contribution in [-0.4, -0.2) is 9.97 Å². The molecule has 0 spiro atoms. The van der Waals surface area contributed by atoms with E-state index < -0.39 is 0 Å². The van der Waals surface area contributed by atoms with Gasteiger partial charge in [0, 0.05) is 16.8 Å². The highest BCUT2D eigenvalue weighted by Crippen LogP contribution is 2.28. The lowest BCUT2D eigenvalue weighted by atomic mass is 10.3. The van der Waals surface area contributed by atoms with E-state index in [9.17, 15) is 0 Å². The van der Waals surface area contributed by atoms with Gasteiger partial charge in [-0.25, -0.2) is 9.97 Å². The second-order valence-electron chi connectivity index (χ2n) is 4.93. The van der Waals surface area contributed by atoms with E-state index in [4.69, 9.17) is 23.2 Å². The Labute approximate surface area is 144 Å². The average Bonchev–Trinajstić information content (AvgIpc) is 2.50. The van der Waals surface area contributed by atoms with Crippen molar-refractivity contribution in [3.05, 3.63) is 70.5 Å². The van der Waals surface area contributed by atoms with Crippen molar-refractivity contribution in [3.8, 4) is 0 Å². The summed E-state index contributed by atoms with van der Waals surface area (Å²) in [4.78, 5) is 8.77. The highest BCUT2D eigenvalue weighted by molar-refractivity contribution is 6.36. The number of hydrogen-bond donors (Lipinski definition) is 2. The second kappa shape index (κ2) is 6.86. The van der Waals surface area contributed by atoms with E-state index >= 15 is 0 Å². The van der Waals surface area contributed by atoms with Gasteiger partial charge in [0.05, 0.1) is 10.7 Å². The van der Waals surface area contributed by atoms with Crippen LogP contribution in [0.2, 0.25) is 10.0 Å². The van der Waals surface area contributed by atoms with Gasteiger partial charge in [0.15, 0.2) is 0 Å². The van der Waals surface area contributed by atoms with E-state index in [1.807, 2.05) is 49.4 Å². The quantitative estimate of drug-likeness (QED) is 0.648. The van der Waals surface area contributed by atoms with Crippen LogP contribution in [0.4, 0.5) is 23.0 Å². The van der Waals surface area contributed by atoms with Gasteiger partial charge in [-0.2, -0.15) is 0 Å². The predicted octanol–water partition coefficient (Wildman–Crippen LogP) is 5.58. The zero-order valence-corrected chi connectivity index (χ0v) is 13.9. The third-order valence-corrected chi connectivity index (χ3v) is 3.63. The van der Waals surface area contributed by atoms with Gasteiger partial charge in [-0.1, -0.05) is 41.4 Å². The fourth-order valence-corrected chi connectivity index (χ4v) is 2.55. The molecule has 0 aliphatic carbocycles. The number of aryl methyl sites for hydroxylation is 1. The number of benzene rings is 2. The van der Waals surface area contributed by atoms with Crippen molar-refractivity contribution in [2.45, 2.75) is 6.92 Å². The van der Waals surface area contributed by atoms with Crippen molar-refractivity contribution in [2.24, 2.45) is 0 Å². The number of hydrogen-bond acceptors (Lipinski definition) is 4. The lowest BCUT2D eigenvalue weighted by molar-refractivity contribution is 1.06. The van der Waals surface area contributed by atoms with Gasteiger partial charge < -0.3 is 10.6 Å². The van der Waals surface area contributed by atoms with Gasteiger partial charge in [-0.05, 0) is 37.3 Å². The average molecular weight is 345 g/mol. The van der Waals surface area contributed by atoms with Crippen LogP contribution in [0.25, 0.3) is 0 Å². The number of anilines is 4. The lowest BCUT2D eigenvalue weighted by Crippen LogP contribution is -2.01. The van der Waals surface area contributed by atoms with Gasteiger partial charge in [-0.3, -0.25) is 0 Å². The number of halogens is 2. The van der Waals surface area contributed by atoms with Gasteiger partial charge in [0.1, 0.15) is 17.5 Å². The maximum Gasteiger partial charge on any atom is 0.136 e. The molecule has 0 saturated heterocycles. The van der Waals surface area contributed by atoms with E-state index in [0.717, 1.165) is 11.4 Å². The van der Waals surface area contributed by atoms with Crippen LogP contribution >= 0.6 is 23.2 Å². The first-order chi connectivity index (χ1) is 11.1. The molecule has 0 aliphatic heterocycles. The molecule has 2 N–H and O–H groups in total. The standard InChI is InChI=1S/C17H14Cl2N4/c1-11-20-16(22-13-5-3-2-4-6-13)10-17(21-11)23-15-8-7-12(18)9-14(15)19/h2-10H,1H3,(H2,20,21,22,23). The molecule has 4 nitrogen and oxygen atoms in total. The molecule has 1 aromatic heterocycles. The number of para-hydroxylation sites is 1. The Balaban J connectivity index is 1.85. The van der Waals surface area contributed by atoms with Crippen LogP contribution in [0, 0.1) is 6.92 Å². The third kappa shape index (κ3) is 4.12. The third-order valence-electron chi connectivity index (χ3n) is 3.08. The number of aromatic nitrogens is 2. The number of nitrogens with one attached hydrogen (secondary N) is 2. The first kappa shape index (κ1) is 15.6. The van der Waals surface area contributed by atoms with Crippen molar-refractivity contribution in [2.75, 3.05) is 10.6 Å². The highest BCUT2D eigenvalue weighted by Gasteiger charge is 2.06. The first-order valence-corrected chi connectivity index (χ1v) is 7.75. The maximum absolute atomic E-state index is 6.18. The van der Waals surface area contributed by atoms with Gasteiger partial charge in [0.25, 0.3) is 0 Å². The molecule has 0 aliphatic rings. The van der Waals surface area contributed by atoms with Crippen molar-refractivity contribution >= 4 is 46.2 Å². The molecule has 0 unspecified atom stereocenters. The molecule has 0 fully saturated rings. The van der Waals surface area contributed by atoms with Crippen molar-refractivity contribution < 1.29 is 0 Å². The molecule has 3 aromatic rings. The molecular weight excluding hydrogens is 331 g/mol. The molecule has 0 radical (unpaired) electrons. The number of rotatable bonds is 4. The minimum Gasteiger partial charge on any atom is -0.340 e. The minimum absolute atomic E-state index is 0.534. The Bertz CT molecular complexity index is 822. The minimum atomic E-state index is 0.534. The lowest BCUT2D eigenvalue weighted by Gasteiger charge is -2.11. The molecular formula is C17H14Cl2N4. The van der Waals surface area contributed by atoms with Crippen LogP contribution in [0.3, 0.4) is 0 Å². The zero-order valence-electron chi connectivity index (χ0n) is 12.3. The smallest absolute Gasteiger partial charge is 0.136 e. The largest absolute Gasteiger partial charge is 0.340 e. The fourth-order valence-electron chi connectivity index (χ4n) is 2.09. The van der Waals surface area contributed by atoms with Crippen LogP contribution < -0.4 is 10.6 Å². The summed E-state index contributed by atoms with van der Waals surface area (Å²) >= 11 is 12.1. The first-order valence-electron chi connectivity index (χ1n) is 7.00. The predicted molar refractivity (Wildman–Crippen MR) is 96.2 cm³/mol. The van der Waals surface area contributed by atoms with E-state index in [2.05, 4.69) is 20.6 Å². The van der Waals surface area contributed by atoms with E-state index in [1.165, 1.54) is 0 Å². The van der Waals surface area contributed by atoms with Crippen LogP contribution in [0.15, 0.2) is 54.6 Å². The molecule has 0 bridgehead atoms. The molecule has 0 saturated carbocycles. The summed E-state index contributed by atoms with van der Waals surface area (Å²) in [6, 6.07) is 16.9. The molecule has 1 heterocycles. The number of nitrogens with zero attached hydrogens (tertiary/aromatic N) is 2. The fraction of sp³-hybridized carbons (Fsp3) is 0.0588.